The molecule has 1 aliphatic carbocycles. The predicted molar refractivity (Wildman–Crippen MR) is 78.7 cm³/mol. The van der Waals surface area contributed by atoms with Crippen LogP contribution in [0.1, 0.15) is 42.9 Å². The second-order valence-electron chi connectivity index (χ2n) is 5.88. The summed E-state index contributed by atoms with van der Waals surface area (Å²) in [6.45, 7) is 1.71. The van der Waals surface area contributed by atoms with Gasteiger partial charge in [0.25, 0.3) is 0 Å². The molecule has 1 aromatic carbocycles. The number of halogens is 1. The Morgan fingerprint density at radius 2 is 2.05 bits per heavy atom. The molecule has 0 heterocycles. The summed E-state index contributed by atoms with van der Waals surface area (Å²) in [4.78, 5) is 0. The molecular formula is C15H22FNO2S. The van der Waals surface area contributed by atoms with Crippen LogP contribution in [0.2, 0.25) is 0 Å². The van der Waals surface area contributed by atoms with E-state index in [-0.39, 0.29) is 17.0 Å². The van der Waals surface area contributed by atoms with E-state index in [0.29, 0.717) is 24.0 Å². The number of hydrogen-bond acceptors (Lipinski definition) is 3. The third kappa shape index (κ3) is 3.20. The van der Waals surface area contributed by atoms with Crippen molar-refractivity contribution in [1.29, 1.82) is 0 Å². The maximum Gasteiger partial charge on any atom is 0.150 e. The zero-order chi connectivity index (χ0) is 14.9. The van der Waals surface area contributed by atoms with E-state index < -0.39 is 15.9 Å². The minimum absolute atomic E-state index is 0.0276. The predicted octanol–water partition coefficient (Wildman–Crippen LogP) is 2.74. The van der Waals surface area contributed by atoms with Crippen LogP contribution in [0.4, 0.5) is 4.39 Å². The standard InChI is InChI=1S/C15H22FNO2S/c1-10-5-3-8-13(14(10)16)15(17)11-6-4-7-12(9-11)20(2,18)19/h3,5,8,11-12,15H,4,6-7,9,17H2,1-2H3. The molecule has 3 atom stereocenters. The fourth-order valence-electron chi connectivity index (χ4n) is 3.08. The molecule has 1 aliphatic rings. The molecule has 3 nitrogen and oxygen atoms in total. The molecule has 112 valence electrons. The Hall–Kier alpha value is -0.940. The van der Waals surface area contributed by atoms with Crippen LogP contribution in [0.25, 0.3) is 0 Å². The third-order valence-electron chi connectivity index (χ3n) is 4.36. The second kappa shape index (κ2) is 5.82. The highest BCUT2D eigenvalue weighted by atomic mass is 32.2. The Balaban J connectivity index is 2.21. The van der Waals surface area contributed by atoms with E-state index in [1.165, 1.54) is 6.26 Å². The summed E-state index contributed by atoms with van der Waals surface area (Å²) in [5.74, 6) is -0.235. The minimum atomic E-state index is -3.04. The van der Waals surface area contributed by atoms with E-state index in [4.69, 9.17) is 5.73 Å². The summed E-state index contributed by atoms with van der Waals surface area (Å²) in [6.07, 6.45) is 4.20. The topological polar surface area (TPSA) is 60.2 Å². The first-order chi connectivity index (χ1) is 9.30. The van der Waals surface area contributed by atoms with Crippen molar-refractivity contribution in [3.8, 4) is 0 Å². The van der Waals surface area contributed by atoms with E-state index in [0.717, 1.165) is 12.8 Å². The van der Waals surface area contributed by atoms with Gasteiger partial charge in [0.15, 0.2) is 0 Å². The molecule has 20 heavy (non-hydrogen) atoms. The molecule has 5 heteroatoms. The van der Waals surface area contributed by atoms with Gasteiger partial charge in [0.1, 0.15) is 15.7 Å². The molecule has 0 bridgehead atoms. The van der Waals surface area contributed by atoms with E-state index >= 15 is 0 Å². The van der Waals surface area contributed by atoms with Gasteiger partial charge in [-0.1, -0.05) is 24.6 Å². The average molecular weight is 299 g/mol. The highest BCUT2D eigenvalue weighted by Gasteiger charge is 2.33. The summed E-state index contributed by atoms with van der Waals surface area (Å²) in [6, 6.07) is 4.78. The smallest absolute Gasteiger partial charge is 0.150 e. The molecule has 2 N–H and O–H groups in total. The zero-order valence-electron chi connectivity index (χ0n) is 12.0. The van der Waals surface area contributed by atoms with Crippen LogP contribution in [0.3, 0.4) is 0 Å². The van der Waals surface area contributed by atoms with Crippen molar-refractivity contribution in [2.24, 2.45) is 11.7 Å². The van der Waals surface area contributed by atoms with Crippen molar-refractivity contribution < 1.29 is 12.8 Å². The summed E-state index contributed by atoms with van der Waals surface area (Å²) < 4.78 is 37.5. The molecule has 0 spiro atoms. The Kier molecular flexibility index (Phi) is 4.49. The first kappa shape index (κ1) is 15.4. The summed E-state index contributed by atoms with van der Waals surface area (Å²) in [5, 5.41) is -0.333. The summed E-state index contributed by atoms with van der Waals surface area (Å²) >= 11 is 0. The van der Waals surface area contributed by atoms with Crippen LogP contribution in [0, 0.1) is 18.7 Å². The summed E-state index contributed by atoms with van der Waals surface area (Å²) in [5.41, 5.74) is 7.29. The van der Waals surface area contributed by atoms with Gasteiger partial charge in [-0.3, -0.25) is 0 Å². The highest BCUT2D eigenvalue weighted by Crippen LogP contribution is 2.36. The molecule has 1 fully saturated rings. The quantitative estimate of drug-likeness (QED) is 0.933. The van der Waals surface area contributed by atoms with E-state index in [1.807, 2.05) is 0 Å². The molecule has 0 aromatic heterocycles. The first-order valence-electron chi connectivity index (χ1n) is 7.00. The monoisotopic (exact) mass is 299 g/mol. The van der Waals surface area contributed by atoms with E-state index in [9.17, 15) is 12.8 Å². The van der Waals surface area contributed by atoms with Crippen molar-refractivity contribution in [3.63, 3.8) is 0 Å². The Labute approximate surface area is 120 Å². The van der Waals surface area contributed by atoms with Gasteiger partial charge >= 0.3 is 0 Å². The van der Waals surface area contributed by atoms with Crippen molar-refractivity contribution >= 4 is 9.84 Å². The lowest BCUT2D eigenvalue weighted by Gasteiger charge is -2.32. The molecule has 0 radical (unpaired) electrons. The molecule has 0 aliphatic heterocycles. The van der Waals surface area contributed by atoms with Gasteiger partial charge in [-0.2, -0.15) is 0 Å². The third-order valence-corrected chi connectivity index (χ3v) is 6.00. The fraction of sp³-hybridized carbons (Fsp3) is 0.600. The van der Waals surface area contributed by atoms with Gasteiger partial charge in [-0.25, -0.2) is 12.8 Å². The van der Waals surface area contributed by atoms with Gasteiger partial charge in [0, 0.05) is 17.9 Å². The Bertz CT molecular complexity index is 586. The lowest BCUT2D eigenvalue weighted by atomic mass is 9.81. The SMILES string of the molecule is Cc1cccc(C(N)C2CCCC(S(C)(=O)=O)C2)c1F. The van der Waals surface area contributed by atoms with Crippen molar-refractivity contribution in [1.82, 2.24) is 0 Å². The molecule has 1 aromatic rings. The number of nitrogens with two attached hydrogens (primary N) is 1. The van der Waals surface area contributed by atoms with Crippen LogP contribution in [-0.2, 0) is 9.84 Å². The van der Waals surface area contributed by atoms with Gasteiger partial charge in [-0.15, -0.1) is 0 Å². The van der Waals surface area contributed by atoms with Gasteiger partial charge in [0.2, 0.25) is 0 Å². The Morgan fingerprint density at radius 3 is 2.70 bits per heavy atom. The normalized spacial score (nSPS) is 25.4. The molecule has 3 unspecified atom stereocenters. The molecule has 2 rings (SSSR count). The highest BCUT2D eigenvalue weighted by molar-refractivity contribution is 7.91. The van der Waals surface area contributed by atoms with Crippen LogP contribution in [0.5, 0.6) is 0 Å². The average Bonchev–Trinajstić information content (AvgIpc) is 2.40. The number of hydrogen-bond donors (Lipinski definition) is 1. The van der Waals surface area contributed by atoms with Crippen LogP contribution in [-0.4, -0.2) is 19.9 Å². The number of sulfone groups is 1. The molecule has 0 saturated heterocycles. The fourth-order valence-corrected chi connectivity index (χ4v) is 4.27. The van der Waals surface area contributed by atoms with Crippen molar-refractivity contribution in [2.75, 3.05) is 6.26 Å². The van der Waals surface area contributed by atoms with Gasteiger partial charge < -0.3 is 5.73 Å². The van der Waals surface area contributed by atoms with Crippen LogP contribution in [0.15, 0.2) is 18.2 Å². The first-order valence-corrected chi connectivity index (χ1v) is 8.95. The van der Waals surface area contributed by atoms with Gasteiger partial charge in [-0.05, 0) is 37.7 Å². The van der Waals surface area contributed by atoms with Crippen LogP contribution >= 0.6 is 0 Å². The van der Waals surface area contributed by atoms with Crippen molar-refractivity contribution in [3.05, 3.63) is 35.1 Å². The van der Waals surface area contributed by atoms with Crippen LogP contribution < -0.4 is 5.73 Å². The number of rotatable bonds is 3. The maximum absolute atomic E-state index is 14.1. The zero-order valence-corrected chi connectivity index (χ0v) is 12.8. The molecule has 1 saturated carbocycles. The van der Waals surface area contributed by atoms with Gasteiger partial charge in [0.05, 0.1) is 5.25 Å². The second-order valence-corrected chi connectivity index (χ2v) is 8.21. The van der Waals surface area contributed by atoms with E-state index in [1.54, 1.807) is 25.1 Å². The number of aryl methyl sites for hydroxylation is 1. The Morgan fingerprint density at radius 1 is 1.35 bits per heavy atom. The van der Waals surface area contributed by atoms with Crippen molar-refractivity contribution in [2.45, 2.75) is 43.9 Å². The largest absolute Gasteiger partial charge is 0.324 e. The lowest BCUT2D eigenvalue weighted by molar-refractivity contribution is 0.304. The minimum Gasteiger partial charge on any atom is -0.324 e. The lowest BCUT2D eigenvalue weighted by Crippen LogP contribution is -2.33. The van der Waals surface area contributed by atoms with E-state index in [2.05, 4.69) is 0 Å². The molecular weight excluding hydrogens is 277 g/mol. The molecule has 0 amide bonds. The maximum atomic E-state index is 14.1. The number of benzene rings is 1. The summed E-state index contributed by atoms with van der Waals surface area (Å²) in [7, 11) is -3.04.